The van der Waals surface area contributed by atoms with Crippen molar-refractivity contribution in [3.05, 3.63) is 35.6 Å². The molecule has 3 heteroatoms. The quantitative estimate of drug-likeness (QED) is 0.862. The molecule has 2 nitrogen and oxygen atoms in total. The summed E-state index contributed by atoms with van der Waals surface area (Å²) < 4.78 is 13.1. The van der Waals surface area contributed by atoms with Gasteiger partial charge in [0.25, 0.3) is 0 Å². The minimum absolute atomic E-state index is 0.128. The Kier molecular flexibility index (Phi) is 4.13. The van der Waals surface area contributed by atoms with Gasteiger partial charge in [-0.3, -0.25) is 0 Å². The van der Waals surface area contributed by atoms with Gasteiger partial charge in [0.15, 0.2) is 0 Å². The molecule has 1 heterocycles. The molecule has 2 unspecified atom stereocenters. The summed E-state index contributed by atoms with van der Waals surface area (Å²) in [5, 5.41) is 3.35. The molecule has 1 aromatic rings. The van der Waals surface area contributed by atoms with E-state index in [-0.39, 0.29) is 5.82 Å². The Hall–Kier alpha value is -0.930. The average molecular weight is 236 g/mol. The first-order valence-electron chi connectivity index (χ1n) is 6.27. The van der Waals surface area contributed by atoms with Crippen LogP contribution in [0.5, 0.6) is 0 Å². The molecule has 1 fully saturated rings. The summed E-state index contributed by atoms with van der Waals surface area (Å²) in [6, 6.07) is 7.54. The summed E-state index contributed by atoms with van der Waals surface area (Å²) in [6.07, 6.45) is 2.15. The standard InChI is InChI=1S/C14H21FN2/c1-16-14-8-12(9-17(2)10-14)6-11-4-3-5-13(15)7-11/h3-5,7,12,14,16H,6,8-10H2,1-2H3. The molecule has 94 valence electrons. The molecule has 2 atom stereocenters. The topological polar surface area (TPSA) is 15.3 Å². The first-order chi connectivity index (χ1) is 8.17. The number of benzene rings is 1. The van der Waals surface area contributed by atoms with E-state index in [0.717, 1.165) is 25.1 Å². The van der Waals surface area contributed by atoms with Crippen LogP contribution >= 0.6 is 0 Å². The minimum atomic E-state index is -0.128. The first kappa shape index (κ1) is 12.5. The number of hydrogen-bond acceptors (Lipinski definition) is 2. The molecule has 2 rings (SSSR count). The number of halogens is 1. The van der Waals surface area contributed by atoms with Crippen molar-refractivity contribution >= 4 is 0 Å². The highest BCUT2D eigenvalue weighted by atomic mass is 19.1. The fourth-order valence-electron chi connectivity index (χ4n) is 2.80. The number of hydrogen-bond donors (Lipinski definition) is 1. The van der Waals surface area contributed by atoms with Crippen molar-refractivity contribution in [2.24, 2.45) is 5.92 Å². The van der Waals surface area contributed by atoms with E-state index in [2.05, 4.69) is 17.3 Å². The summed E-state index contributed by atoms with van der Waals surface area (Å²) in [5.41, 5.74) is 1.11. The van der Waals surface area contributed by atoms with Gasteiger partial charge in [0, 0.05) is 19.1 Å². The number of likely N-dealkylation sites (tertiary alicyclic amines) is 1. The van der Waals surface area contributed by atoms with Gasteiger partial charge in [-0.25, -0.2) is 4.39 Å². The smallest absolute Gasteiger partial charge is 0.123 e. The third-order valence-corrected chi connectivity index (χ3v) is 3.54. The SMILES string of the molecule is CNC1CC(Cc2cccc(F)c2)CN(C)C1. The van der Waals surface area contributed by atoms with Crippen LogP contribution < -0.4 is 5.32 Å². The predicted molar refractivity (Wildman–Crippen MR) is 68.6 cm³/mol. The minimum Gasteiger partial charge on any atom is -0.316 e. The average Bonchev–Trinajstić information content (AvgIpc) is 2.28. The van der Waals surface area contributed by atoms with E-state index < -0.39 is 0 Å². The maximum atomic E-state index is 13.1. The summed E-state index contributed by atoms with van der Waals surface area (Å²) in [4.78, 5) is 2.36. The second-order valence-corrected chi connectivity index (χ2v) is 5.14. The van der Waals surface area contributed by atoms with Gasteiger partial charge in [-0.2, -0.15) is 0 Å². The first-order valence-corrected chi connectivity index (χ1v) is 6.27. The van der Waals surface area contributed by atoms with Crippen LogP contribution in [0.3, 0.4) is 0 Å². The highest BCUT2D eigenvalue weighted by Crippen LogP contribution is 2.20. The fraction of sp³-hybridized carbons (Fsp3) is 0.571. The predicted octanol–water partition coefficient (Wildman–Crippen LogP) is 1.91. The molecular weight excluding hydrogens is 215 g/mol. The molecule has 1 aliphatic heterocycles. The molecule has 0 spiro atoms. The van der Waals surface area contributed by atoms with Gasteiger partial charge in [-0.05, 0) is 50.6 Å². The van der Waals surface area contributed by atoms with Crippen LogP contribution in [0.1, 0.15) is 12.0 Å². The molecule has 0 aliphatic carbocycles. The van der Waals surface area contributed by atoms with Crippen molar-refractivity contribution in [3.8, 4) is 0 Å². The Morgan fingerprint density at radius 1 is 1.41 bits per heavy atom. The zero-order valence-corrected chi connectivity index (χ0v) is 10.6. The molecule has 0 aromatic heterocycles. The van der Waals surface area contributed by atoms with Crippen LogP contribution in [0.15, 0.2) is 24.3 Å². The number of likely N-dealkylation sites (N-methyl/N-ethyl adjacent to an activating group) is 2. The Morgan fingerprint density at radius 3 is 2.94 bits per heavy atom. The van der Waals surface area contributed by atoms with Crippen molar-refractivity contribution in [2.75, 3.05) is 27.2 Å². The third-order valence-electron chi connectivity index (χ3n) is 3.54. The van der Waals surface area contributed by atoms with E-state index in [1.54, 1.807) is 12.1 Å². The van der Waals surface area contributed by atoms with E-state index in [1.165, 1.54) is 12.5 Å². The van der Waals surface area contributed by atoms with E-state index in [4.69, 9.17) is 0 Å². The molecule has 0 saturated carbocycles. The summed E-state index contributed by atoms with van der Waals surface area (Å²) in [5.74, 6) is 0.491. The summed E-state index contributed by atoms with van der Waals surface area (Å²) >= 11 is 0. The van der Waals surface area contributed by atoms with Gasteiger partial charge in [0.1, 0.15) is 5.82 Å². The number of piperidine rings is 1. The molecule has 1 aromatic carbocycles. The third kappa shape index (κ3) is 3.51. The lowest BCUT2D eigenvalue weighted by Crippen LogP contribution is -2.46. The zero-order valence-electron chi connectivity index (χ0n) is 10.6. The highest BCUT2D eigenvalue weighted by Gasteiger charge is 2.24. The van der Waals surface area contributed by atoms with Crippen molar-refractivity contribution in [1.29, 1.82) is 0 Å². The highest BCUT2D eigenvalue weighted by molar-refractivity contribution is 5.17. The normalized spacial score (nSPS) is 26.1. The number of nitrogens with one attached hydrogen (secondary N) is 1. The molecule has 1 N–H and O–H groups in total. The second-order valence-electron chi connectivity index (χ2n) is 5.14. The van der Waals surface area contributed by atoms with Crippen molar-refractivity contribution < 1.29 is 4.39 Å². The van der Waals surface area contributed by atoms with E-state index in [9.17, 15) is 4.39 Å². The van der Waals surface area contributed by atoms with Gasteiger partial charge in [-0.1, -0.05) is 12.1 Å². The largest absolute Gasteiger partial charge is 0.316 e. The van der Waals surface area contributed by atoms with Crippen LogP contribution in [-0.2, 0) is 6.42 Å². The number of nitrogens with zero attached hydrogens (tertiary/aromatic N) is 1. The van der Waals surface area contributed by atoms with Crippen molar-refractivity contribution in [1.82, 2.24) is 10.2 Å². The fourth-order valence-corrected chi connectivity index (χ4v) is 2.80. The zero-order chi connectivity index (χ0) is 12.3. The van der Waals surface area contributed by atoms with Gasteiger partial charge < -0.3 is 10.2 Å². The summed E-state index contributed by atoms with van der Waals surface area (Å²) in [7, 11) is 4.17. The molecular formula is C14H21FN2. The van der Waals surface area contributed by atoms with Crippen LogP contribution in [0.4, 0.5) is 4.39 Å². The molecule has 0 bridgehead atoms. The van der Waals surface area contributed by atoms with E-state index in [0.29, 0.717) is 12.0 Å². The Balaban J connectivity index is 1.98. The van der Waals surface area contributed by atoms with Crippen LogP contribution in [0.2, 0.25) is 0 Å². The van der Waals surface area contributed by atoms with Crippen molar-refractivity contribution in [2.45, 2.75) is 18.9 Å². The van der Waals surface area contributed by atoms with Gasteiger partial charge in [-0.15, -0.1) is 0 Å². The van der Waals surface area contributed by atoms with Gasteiger partial charge >= 0.3 is 0 Å². The molecule has 17 heavy (non-hydrogen) atoms. The van der Waals surface area contributed by atoms with Gasteiger partial charge in [0.05, 0.1) is 0 Å². The Morgan fingerprint density at radius 2 is 2.24 bits per heavy atom. The Labute approximate surface area is 103 Å². The molecule has 0 amide bonds. The molecule has 0 radical (unpaired) electrons. The van der Waals surface area contributed by atoms with E-state index >= 15 is 0 Å². The molecule has 1 saturated heterocycles. The Bertz CT molecular complexity index is 367. The van der Waals surface area contributed by atoms with Crippen molar-refractivity contribution in [3.63, 3.8) is 0 Å². The number of rotatable bonds is 3. The maximum absolute atomic E-state index is 13.1. The lowest BCUT2D eigenvalue weighted by molar-refractivity contribution is 0.173. The van der Waals surface area contributed by atoms with Crippen LogP contribution in [0, 0.1) is 11.7 Å². The lowest BCUT2D eigenvalue weighted by Gasteiger charge is -2.35. The maximum Gasteiger partial charge on any atom is 0.123 e. The van der Waals surface area contributed by atoms with Crippen LogP contribution in [-0.4, -0.2) is 38.1 Å². The van der Waals surface area contributed by atoms with Gasteiger partial charge in [0.2, 0.25) is 0 Å². The monoisotopic (exact) mass is 236 g/mol. The second kappa shape index (κ2) is 5.61. The van der Waals surface area contributed by atoms with E-state index in [1.807, 2.05) is 13.1 Å². The van der Waals surface area contributed by atoms with Crippen LogP contribution in [0.25, 0.3) is 0 Å². The molecule has 1 aliphatic rings. The summed E-state index contributed by atoms with van der Waals surface area (Å²) in [6.45, 7) is 2.21. The lowest BCUT2D eigenvalue weighted by atomic mass is 9.89.